The fourth-order valence-electron chi connectivity index (χ4n) is 2.37. The Kier molecular flexibility index (Phi) is 5.72. The zero-order valence-electron chi connectivity index (χ0n) is 11.0. The molecule has 0 unspecified atom stereocenters. The first-order valence-corrected chi connectivity index (χ1v) is 7.17. The number of thioether (sulfide) groups is 1. The van der Waals surface area contributed by atoms with Crippen LogP contribution in [0, 0.1) is 11.8 Å². The fourth-order valence-corrected chi connectivity index (χ4v) is 3.32. The van der Waals surface area contributed by atoms with E-state index in [1.807, 2.05) is 0 Å². The maximum absolute atomic E-state index is 11.7. The lowest BCUT2D eigenvalue weighted by atomic mass is 9.79. The lowest BCUT2D eigenvalue weighted by molar-refractivity contribution is -0.147. The van der Waals surface area contributed by atoms with E-state index in [0.29, 0.717) is 11.7 Å². The van der Waals surface area contributed by atoms with Crippen molar-refractivity contribution in [2.45, 2.75) is 31.9 Å². The molecule has 0 spiro atoms. The van der Waals surface area contributed by atoms with Crippen LogP contribution < -0.4 is 0 Å². The molecule has 5 heteroatoms. The van der Waals surface area contributed by atoms with Gasteiger partial charge in [-0.25, -0.2) is 0 Å². The number of ketones is 1. The molecular formula is C13H20O4S. The smallest absolute Gasteiger partial charge is 0.316 e. The van der Waals surface area contributed by atoms with E-state index in [4.69, 9.17) is 4.74 Å². The van der Waals surface area contributed by atoms with E-state index in [-0.39, 0.29) is 17.5 Å². The van der Waals surface area contributed by atoms with Gasteiger partial charge in [0, 0.05) is 17.7 Å². The summed E-state index contributed by atoms with van der Waals surface area (Å²) in [4.78, 5) is 23.2. The second kappa shape index (κ2) is 6.83. The summed E-state index contributed by atoms with van der Waals surface area (Å²) in [7, 11) is 1.30. The molecule has 1 aliphatic rings. The van der Waals surface area contributed by atoms with Gasteiger partial charge in [-0.3, -0.25) is 9.59 Å². The molecule has 0 amide bonds. The van der Waals surface area contributed by atoms with E-state index in [1.54, 1.807) is 11.8 Å². The number of esters is 1. The third-order valence-corrected chi connectivity index (χ3v) is 4.20. The fraction of sp³-hybridized carbons (Fsp3) is 0.692. The van der Waals surface area contributed by atoms with Crippen molar-refractivity contribution in [2.24, 2.45) is 11.8 Å². The molecule has 1 rings (SSSR count). The number of aliphatic hydroxyl groups is 1. The summed E-state index contributed by atoms with van der Waals surface area (Å²) in [5, 5.41) is 10.1. The molecule has 4 nitrogen and oxygen atoms in total. The molecule has 102 valence electrons. The van der Waals surface area contributed by atoms with Crippen LogP contribution in [0.1, 0.15) is 26.7 Å². The molecule has 0 radical (unpaired) electrons. The maximum Gasteiger partial charge on any atom is 0.316 e. The zero-order valence-corrected chi connectivity index (χ0v) is 11.8. The van der Waals surface area contributed by atoms with Crippen molar-refractivity contribution < 1.29 is 19.4 Å². The SMILES string of the molecule is CCS[C@@H](C)C[C@H]1CC(=O)C=C(O)[C@@H]1C(=O)OC. The first kappa shape index (κ1) is 15.1. The van der Waals surface area contributed by atoms with Gasteiger partial charge in [0.1, 0.15) is 11.7 Å². The number of hydrogen-bond donors (Lipinski definition) is 1. The second-order valence-corrected chi connectivity index (χ2v) is 6.22. The van der Waals surface area contributed by atoms with Gasteiger partial charge in [-0.05, 0) is 18.1 Å². The van der Waals surface area contributed by atoms with Gasteiger partial charge in [0.25, 0.3) is 0 Å². The Morgan fingerprint density at radius 3 is 2.89 bits per heavy atom. The van der Waals surface area contributed by atoms with Crippen LogP contribution in [-0.4, -0.2) is 35.0 Å². The minimum absolute atomic E-state index is 0.119. The van der Waals surface area contributed by atoms with Gasteiger partial charge in [0.15, 0.2) is 5.78 Å². The number of carbonyl (C=O) groups is 2. The average Bonchev–Trinajstić information content (AvgIpc) is 2.27. The highest BCUT2D eigenvalue weighted by Gasteiger charge is 2.38. The van der Waals surface area contributed by atoms with Crippen molar-refractivity contribution >= 4 is 23.5 Å². The van der Waals surface area contributed by atoms with Crippen LogP contribution in [0.2, 0.25) is 0 Å². The first-order chi connectivity index (χ1) is 8.49. The van der Waals surface area contributed by atoms with Gasteiger partial charge in [0.2, 0.25) is 0 Å². The highest BCUT2D eigenvalue weighted by molar-refractivity contribution is 7.99. The van der Waals surface area contributed by atoms with Gasteiger partial charge in [-0.1, -0.05) is 13.8 Å². The second-order valence-electron chi connectivity index (χ2n) is 4.50. The Labute approximate surface area is 112 Å². The Bertz CT molecular complexity index is 351. The number of methoxy groups -OCH3 is 1. The molecule has 18 heavy (non-hydrogen) atoms. The Balaban J connectivity index is 2.82. The lowest BCUT2D eigenvalue weighted by Crippen LogP contribution is -2.33. The van der Waals surface area contributed by atoms with Gasteiger partial charge in [-0.2, -0.15) is 11.8 Å². The van der Waals surface area contributed by atoms with Crippen molar-refractivity contribution in [2.75, 3.05) is 12.9 Å². The predicted molar refractivity (Wildman–Crippen MR) is 71.5 cm³/mol. The summed E-state index contributed by atoms with van der Waals surface area (Å²) in [6, 6.07) is 0. The van der Waals surface area contributed by atoms with E-state index < -0.39 is 11.9 Å². The van der Waals surface area contributed by atoms with Crippen LogP contribution in [0.4, 0.5) is 0 Å². The third-order valence-electron chi connectivity index (χ3n) is 3.10. The molecule has 0 aliphatic heterocycles. The number of aliphatic hydroxyl groups excluding tert-OH is 1. The molecule has 3 atom stereocenters. The normalized spacial score (nSPS) is 25.5. The topological polar surface area (TPSA) is 63.6 Å². The minimum atomic E-state index is -0.687. The first-order valence-electron chi connectivity index (χ1n) is 6.12. The highest BCUT2D eigenvalue weighted by atomic mass is 32.2. The van der Waals surface area contributed by atoms with Gasteiger partial charge < -0.3 is 9.84 Å². The number of rotatable bonds is 5. The highest BCUT2D eigenvalue weighted by Crippen LogP contribution is 2.34. The molecule has 0 aromatic heterocycles. The average molecular weight is 272 g/mol. The molecule has 0 aromatic rings. The number of hydrogen-bond acceptors (Lipinski definition) is 5. The van der Waals surface area contributed by atoms with Crippen LogP contribution in [0.25, 0.3) is 0 Å². The standard InChI is InChI=1S/C13H20O4S/c1-4-18-8(2)5-9-6-10(14)7-11(15)12(9)13(16)17-3/h7-9,12,15H,4-6H2,1-3H3/t8-,9-,12+/m0/s1. The van der Waals surface area contributed by atoms with Gasteiger partial charge in [0.05, 0.1) is 7.11 Å². The molecule has 0 heterocycles. The molecule has 0 aromatic carbocycles. The van der Waals surface area contributed by atoms with E-state index in [9.17, 15) is 14.7 Å². The van der Waals surface area contributed by atoms with Crippen molar-refractivity contribution in [3.8, 4) is 0 Å². The maximum atomic E-state index is 11.7. The summed E-state index contributed by atoms with van der Waals surface area (Å²) in [6.07, 6.45) is 2.18. The van der Waals surface area contributed by atoms with Crippen LogP contribution in [0.5, 0.6) is 0 Å². The summed E-state index contributed by atoms with van der Waals surface area (Å²) in [5.74, 6) is -0.596. The molecule has 0 saturated heterocycles. The Hall–Kier alpha value is -0.970. The quantitative estimate of drug-likeness (QED) is 0.778. The van der Waals surface area contributed by atoms with Crippen LogP contribution in [-0.2, 0) is 14.3 Å². The predicted octanol–water partition coefficient (Wildman–Crippen LogP) is 2.34. The largest absolute Gasteiger partial charge is 0.511 e. The minimum Gasteiger partial charge on any atom is -0.511 e. The van der Waals surface area contributed by atoms with Crippen molar-refractivity contribution in [3.05, 3.63) is 11.8 Å². The molecule has 1 aliphatic carbocycles. The van der Waals surface area contributed by atoms with Crippen molar-refractivity contribution in [3.63, 3.8) is 0 Å². The molecule has 0 fully saturated rings. The van der Waals surface area contributed by atoms with Gasteiger partial charge in [-0.15, -0.1) is 0 Å². The summed E-state index contributed by atoms with van der Waals surface area (Å²) < 4.78 is 4.71. The van der Waals surface area contributed by atoms with Gasteiger partial charge >= 0.3 is 5.97 Å². The zero-order chi connectivity index (χ0) is 13.7. The van der Waals surface area contributed by atoms with Crippen LogP contribution in [0.15, 0.2) is 11.8 Å². The lowest BCUT2D eigenvalue weighted by Gasteiger charge is -2.29. The van der Waals surface area contributed by atoms with Crippen molar-refractivity contribution in [1.29, 1.82) is 0 Å². The van der Waals surface area contributed by atoms with Crippen molar-refractivity contribution in [1.82, 2.24) is 0 Å². The summed E-state index contributed by atoms with van der Waals surface area (Å²) >= 11 is 1.78. The van der Waals surface area contributed by atoms with Crippen LogP contribution in [0.3, 0.4) is 0 Å². The monoisotopic (exact) mass is 272 g/mol. The molecular weight excluding hydrogens is 252 g/mol. The molecule has 0 bridgehead atoms. The number of carbonyl (C=O) groups excluding carboxylic acids is 2. The van der Waals surface area contributed by atoms with Crippen LogP contribution >= 0.6 is 11.8 Å². The number of ether oxygens (including phenoxy) is 1. The van der Waals surface area contributed by atoms with E-state index >= 15 is 0 Å². The third kappa shape index (κ3) is 3.77. The Morgan fingerprint density at radius 1 is 1.67 bits per heavy atom. The molecule has 1 N–H and O–H groups in total. The van der Waals surface area contributed by atoms with E-state index in [2.05, 4.69) is 13.8 Å². The number of allylic oxidation sites excluding steroid dienone is 1. The summed E-state index contributed by atoms with van der Waals surface area (Å²) in [6.45, 7) is 4.14. The Morgan fingerprint density at radius 2 is 2.33 bits per heavy atom. The van der Waals surface area contributed by atoms with E-state index in [0.717, 1.165) is 18.2 Å². The van der Waals surface area contributed by atoms with E-state index in [1.165, 1.54) is 7.11 Å². The molecule has 0 saturated carbocycles. The summed E-state index contributed by atoms with van der Waals surface area (Å²) in [5.41, 5.74) is 0.